The minimum atomic E-state index is -4.18. The zero-order valence-corrected chi connectivity index (χ0v) is 19.6. The van der Waals surface area contributed by atoms with Gasteiger partial charge in [0.15, 0.2) is 0 Å². The van der Waals surface area contributed by atoms with Gasteiger partial charge in [0.1, 0.15) is 12.4 Å². The van der Waals surface area contributed by atoms with E-state index >= 15 is 0 Å². The van der Waals surface area contributed by atoms with Crippen LogP contribution in [-0.4, -0.2) is 62.3 Å². The highest BCUT2D eigenvalue weighted by Gasteiger charge is 2.40. The number of carboxylic acids is 1. The van der Waals surface area contributed by atoms with Crippen molar-refractivity contribution in [3.8, 4) is 0 Å². The molecule has 3 rings (SSSR count). The van der Waals surface area contributed by atoms with Crippen LogP contribution >= 0.6 is 0 Å². The number of sulfonamides is 1. The summed E-state index contributed by atoms with van der Waals surface area (Å²) in [5.41, 5.74) is -1.78. The molecule has 34 heavy (non-hydrogen) atoms. The second-order valence-electron chi connectivity index (χ2n) is 8.17. The number of hydrogen-bond donors (Lipinski definition) is 6. The first-order valence-electron chi connectivity index (χ1n) is 10.9. The van der Waals surface area contributed by atoms with Gasteiger partial charge in [-0.15, -0.1) is 0 Å². The fraction of sp³-hybridized carbons (Fsp3) is 0.476. The minimum Gasteiger partial charge on any atom is -0.478 e. The molecule has 0 radical (unpaired) electrons. The van der Waals surface area contributed by atoms with E-state index in [0.29, 0.717) is 12.1 Å². The van der Waals surface area contributed by atoms with E-state index in [9.17, 15) is 23.1 Å². The lowest BCUT2D eigenvalue weighted by molar-refractivity contribution is -0.147. The zero-order valence-electron chi connectivity index (χ0n) is 18.8. The highest BCUT2D eigenvalue weighted by Crippen LogP contribution is 2.18. The number of nitrogens with zero attached hydrogens (tertiary/aromatic N) is 1. The summed E-state index contributed by atoms with van der Waals surface area (Å²) >= 11 is 0. The summed E-state index contributed by atoms with van der Waals surface area (Å²) in [6.45, 7) is 2.62. The molecule has 1 aromatic carbocycles. The highest BCUT2D eigenvalue weighted by molar-refractivity contribution is 7.89. The smallest absolute Gasteiger partial charge is 0.345 e. The summed E-state index contributed by atoms with van der Waals surface area (Å²) in [5, 5.41) is 25.5. The number of rotatable bonds is 12. The van der Waals surface area contributed by atoms with Crippen molar-refractivity contribution in [1.29, 1.82) is 0 Å². The maximum Gasteiger partial charge on any atom is 0.345 e. The topological polar surface area (TPSA) is 170 Å². The van der Waals surface area contributed by atoms with Crippen LogP contribution in [0.2, 0.25) is 0 Å². The Hall–Kier alpha value is -3.00. The molecule has 0 fully saturated rings. The third-order valence-corrected chi connectivity index (χ3v) is 6.81. The van der Waals surface area contributed by atoms with Gasteiger partial charge in [-0.25, -0.2) is 13.2 Å². The van der Waals surface area contributed by atoms with Gasteiger partial charge in [-0.05, 0) is 44.6 Å². The normalized spacial score (nSPS) is 21.6. The number of aliphatic carboxylic acids is 1. The number of carbonyl (C=O) groups excluding carboxylic acids is 1. The molecule has 1 amide bonds. The number of amides is 1. The standard InChI is InChI=1S/C21H30N6O6S/c1-21(19(29)30,27-34(31,32)17-8-3-2-4-9-17)25-18(28)14-15-13-16(33-26-15)7-5-10-22-20-23-11-6-12-24-20/h2-4,6,8-9,11,16,20,22-24,27H,5,7,10,12-14H2,1H3,(H,25,28)(H,29,30). The number of nitrogens with one attached hydrogen (secondary N) is 5. The van der Waals surface area contributed by atoms with Crippen molar-refractivity contribution in [1.82, 2.24) is 26.0 Å². The first kappa shape index (κ1) is 25.6. The number of carboxylic acid groups (broad SMARTS) is 1. The molecule has 0 saturated heterocycles. The second kappa shape index (κ2) is 11.4. The summed E-state index contributed by atoms with van der Waals surface area (Å²) < 4.78 is 27.2. The summed E-state index contributed by atoms with van der Waals surface area (Å²) in [6.07, 6.45) is 5.53. The SMILES string of the molecule is CC(NC(=O)CC1=NOC(CCCNC2NC=CCN2)C1)(NS(=O)(=O)c1ccccc1)C(=O)O. The Morgan fingerprint density at radius 2 is 2.06 bits per heavy atom. The Balaban J connectivity index is 1.45. The van der Waals surface area contributed by atoms with Crippen LogP contribution in [0.4, 0.5) is 0 Å². The molecule has 13 heteroatoms. The second-order valence-corrected chi connectivity index (χ2v) is 9.85. The highest BCUT2D eigenvalue weighted by atomic mass is 32.2. The number of benzene rings is 1. The quantitative estimate of drug-likeness (QED) is 0.170. The number of carbonyl (C=O) groups is 2. The predicted octanol–water partition coefficient (Wildman–Crippen LogP) is -0.223. The molecule has 186 valence electrons. The van der Waals surface area contributed by atoms with Gasteiger partial charge in [-0.1, -0.05) is 29.4 Å². The molecule has 3 unspecified atom stereocenters. The lowest BCUT2D eigenvalue weighted by atomic mass is 10.1. The number of oxime groups is 1. The fourth-order valence-electron chi connectivity index (χ4n) is 3.48. The largest absolute Gasteiger partial charge is 0.478 e. The first-order chi connectivity index (χ1) is 16.2. The van der Waals surface area contributed by atoms with E-state index in [-0.39, 0.29) is 23.7 Å². The Kier molecular flexibility index (Phi) is 8.61. The van der Waals surface area contributed by atoms with Crippen molar-refractivity contribution in [2.24, 2.45) is 5.16 Å². The Morgan fingerprint density at radius 3 is 2.74 bits per heavy atom. The van der Waals surface area contributed by atoms with Crippen LogP contribution in [0.25, 0.3) is 0 Å². The van der Waals surface area contributed by atoms with Crippen LogP contribution in [0.3, 0.4) is 0 Å². The van der Waals surface area contributed by atoms with Crippen molar-refractivity contribution >= 4 is 27.6 Å². The van der Waals surface area contributed by atoms with Gasteiger partial charge >= 0.3 is 5.97 Å². The Morgan fingerprint density at radius 1 is 1.29 bits per heavy atom. The molecule has 0 aromatic heterocycles. The first-order valence-corrected chi connectivity index (χ1v) is 12.4. The molecule has 0 spiro atoms. The summed E-state index contributed by atoms with van der Waals surface area (Å²) in [4.78, 5) is 29.6. The molecule has 2 aliphatic rings. The van der Waals surface area contributed by atoms with Crippen LogP contribution in [0.15, 0.2) is 52.7 Å². The van der Waals surface area contributed by atoms with Gasteiger partial charge in [0.05, 0.1) is 17.0 Å². The van der Waals surface area contributed by atoms with Gasteiger partial charge in [-0.3, -0.25) is 15.4 Å². The van der Waals surface area contributed by atoms with Crippen molar-refractivity contribution in [3.05, 3.63) is 42.6 Å². The monoisotopic (exact) mass is 494 g/mol. The fourth-order valence-corrected chi connectivity index (χ4v) is 4.79. The van der Waals surface area contributed by atoms with E-state index in [1.54, 1.807) is 6.07 Å². The summed E-state index contributed by atoms with van der Waals surface area (Å²) in [6, 6.07) is 7.31. The summed E-state index contributed by atoms with van der Waals surface area (Å²) in [7, 11) is -4.18. The van der Waals surface area contributed by atoms with Crippen molar-refractivity contribution in [2.75, 3.05) is 13.1 Å². The van der Waals surface area contributed by atoms with Crippen molar-refractivity contribution < 1.29 is 28.0 Å². The zero-order chi connectivity index (χ0) is 24.6. The van der Waals surface area contributed by atoms with E-state index in [0.717, 1.165) is 32.9 Å². The lowest BCUT2D eigenvalue weighted by Gasteiger charge is -2.27. The maximum atomic E-state index is 12.6. The van der Waals surface area contributed by atoms with Crippen molar-refractivity contribution in [2.45, 2.75) is 55.6 Å². The number of hydrogen-bond acceptors (Lipinski definition) is 9. The van der Waals surface area contributed by atoms with Crippen LogP contribution in [-0.2, 0) is 24.4 Å². The summed E-state index contributed by atoms with van der Waals surface area (Å²) in [5.74, 6) is -2.24. The molecule has 3 atom stereocenters. The Bertz CT molecular complexity index is 1030. The lowest BCUT2D eigenvalue weighted by Crippen LogP contribution is -2.63. The molecule has 2 heterocycles. The van der Waals surface area contributed by atoms with E-state index in [1.807, 2.05) is 12.3 Å². The third-order valence-electron chi connectivity index (χ3n) is 5.24. The average molecular weight is 495 g/mol. The molecule has 0 aliphatic carbocycles. The molecule has 1 aromatic rings. The molecular weight excluding hydrogens is 464 g/mol. The van der Waals surface area contributed by atoms with Gasteiger partial charge in [-0.2, -0.15) is 4.72 Å². The van der Waals surface area contributed by atoms with Gasteiger partial charge in [0.25, 0.3) is 0 Å². The molecule has 0 saturated carbocycles. The van der Waals surface area contributed by atoms with E-state index in [1.165, 1.54) is 24.3 Å². The van der Waals surface area contributed by atoms with Crippen LogP contribution in [0, 0.1) is 0 Å². The average Bonchev–Trinajstić information content (AvgIpc) is 3.24. The van der Waals surface area contributed by atoms with E-state index in [2.05, 4.69) is 31.1 Å². The van der Waals surface area contributed by atoms with Gasteiger partial charge < -0.3 is 20.6 Å². The Labute approximate surface area is 198 Å². The predicted molar refractivity (Wildman–Crippen MR) is 124 cm³/mol. The maximum absolute atomic E-state index is 12.6. The molecule has 0 bridgehead atoms. The van der Waals surface area contributed by atoms with Crippen LogP contribution in [0.5, 0.6) is 0 Å². The molecule has 12 nitrogen and oxygen atoms in total. The molecular formula is C21H30N6O6S. The third kappa shape index (κ3) is 7.25. The molecule has 6 N–H and O–H groups in total. The molecule has 2 aliphatic heterocycles. The van der Waals surface area contributed by atoms with Crippen LogP contribution in [0.1, 0.15) is 32.6 Å². The van der Waals surface area contributed by atoms with E-state index in [4.69, 9.17) is 4.84 Å². The van der Waals surface area contributed by atoms with Crippen molar-refractivity contribution in [3.63, 3.8) is 0 Å². The minimum absolute atomic E-state index is 0.0212. The van der Waals surface area contributed by atoms with Crippen LogP contribution < -0.4 is 26.0 Å². The van der Waals surface area contributed by atoms with E-state index < -0.39 is 27.6 Å². The van der Waals surface area contributed by atoms with Gasteiger partial charge in [0, 0.05) is 13.0 Å². The van der Waals surface area contributed by atoms with Gasteiger partial charge in [0.2, 0.25) is 21.6 Å².